The molecule has 0 heterocycles. The second-order valence-electron chi connectivity index (χ2n) is 6.28. The van der Waals surface area contributed by atoms with Gasteiger partial charge in [-0.15, -0.1) is 0 Å². The largest absolute Gasteiger partial charge is 0.397 e. The lowest BCUT2D eigenvalue weighted by atomic mass is 9.93. The molecule has 2 rings (SSSR count). The highest BCUT2D eigenvalue weighted by Crippen LogP contribution is 2.51. The maximum absolute atomic E-state index is 12.5. The lowest BCUT2D eigenvalue weighted by Crippen LogP contribution is -2.33. The molecule has 1 aliphatic rings. The first-order chi connectivity index (χ1) is 9.19. The number of nitrogens with two attached hydrogens (primary N) is 1. The molecule has 0 amide bonds. The average molecular weight is 296 g/mol. The highest BCUT2D eigenvalue weighted by atomic mass is 32.2. The summed E-state index contributed by atoms with van der Waals surface area (Å²) in [6, 6.07) is 3.65. The van der Waals surface area contributed by atoms with Crippen molar-refractivity contribution in [3.8, 4) is 0 Å². The maximum Gasteiger partial charge on any atom is 0.242 e. The molecule has 1 saturated carbocycles. The number of nitrogen functional groups attached to an aromatic ring is 1. The molecule has 112 valence electrons. The van der Waals surface area contributed by atoms with E-state index in [0.29, 0.717) is 23.7 Å². The molecule has 5 heteroatoms. The van der Waals surface area contributed by atoms with Crippen LogP contribution in [0.2, 0.25) is 0 Å². The van der Waals surface area contributed by atoms with Crippen molar-refractivity contribution in [2.75, 3.05) is 12.3 Å². The Balaban J connectivity index is 2.26. The summed E-state index contributed by atoms with van der Waals surface area (Å²) in [5.74, 6) is 0.487. The average Bonchev–Trinajstić information content (AvgIpc) is 3.13. The molecule has 1 aliphatic carbocycles. The van der Waals surface area contributed by atoms with Crippen molar-refractivity contribution in [1.82, 2.24) is 4.72 Å². The van der Waals surface area contributed by atoms with Crippen molar-refractivity contribution in [3.63, 3.8) is 0 Å². The van der Waals surface area contributed by atoms with Gasteiger partial charge in [0.2, 0.25) is 10.0 Å². The fourth-order valence-corrected chi connectivity index (χ4v) is 4.16. The summed E-state index contributed by atoms with van der Waals surface area (Å²) >= 11 is 0. The van der Waals surface area contributed by atoms with Crippen molar-refractivity contribution in [2.24, 2.45) is 11.3 Å². The molecule has 4 nitrogen and oxygen atoms in total. The monoisotopic (exact) mass is 296 g/mol. The van der Waals surface area contributed by atoms with Crippen LogP contribution in [0.1, 0.15) is 37.8 Å². The summed E-state index contributed by atoms with van der Waals surface area (Å²) in [7, 11) is -3.55. The van der Waals surface area contributed by atoms with E-state index in [-0.39, 0.29) is 10.3 Å². The summed E-state index contributed by atoms with van der Waals surface area (Å²) in [5.41, 5.74) is 7.94. The Morgan fingerprint density at radius 1 is 1.25 bits per heavy atom. The van der Waals surface area contributed by atoms with Gasteiger partial charge in [-0.1, -0.05) is 26.0 Å². The third-order valence-corrected chi connectivity index (χ3v) is 6.21. The van der Waals surface area contributed by atoms with E-state index >= 15 is 0 Å². The van der Waals surface area contributed by atoms with Gasteiger partial charge < -0.3 is 5.73 Å². The predicted octanol–water partition coefficient (Wildman–Crippen LogP) is 2.60. The molecule has 0 spiro atoms. The van der Waals surface area contributed by atoms with Gasteiger partial charge in [0.1, 0.15) is 4.90 Å². The lowest BCUT2D eigenvalue weighted by molar-refractivity contribution is 0.357. The van der Waals surface area contributed by atoms with Gasteiger partial charge in [-0.25, -0.2) is 13.1 Å². The fourth-order valence-electron chi connectivity index (χ4n) is 2.59. The third kappa shape index (κ3) is 2.69. The van der Waals surface area contributed by atoms with E-state index in [9.17, 15) is 8.42 Å². The van der Waals surface area contributed by atoms with Crippen LogP contribution in [0.3, 0.4) is 0 Å². The first-order valence-corrected chi connectivity index (χ1v) is 8.53. The van der Waals surface area contributed by atoms with Crippen LogP contribution in [0, 0.1) is 25.2 Å². The van der Waals surface area contributed by atoms with Crippen molar-refractivity contribution < 1.29 is 8.42 Å². The van der Waals surface area contributed by atoms with Gasteiger partial charge in [0, 0.05) is 6.54 Å². The van der Waals surface area contributed by atoms with Gasteiger partial charge in [-0.3, -0.25) is 0 Å². The van der Waals surface area contributed by atoms with Crippen molar-refractivity contribution >= 4 is 15.7 Å². The Kier molecular flexibility index (Phi) is 3.86. The van der Waals surface area contributed by atoms with Crippen molar-refractivity contribution in [2.45, 2.75) is 45.4 Å². The highest BCUT2D eigenvalue weighted by Gasteiger charge is 2.45. The minimum Gasteiger partial charge on any atom is -0.397 e. The van der Waals surface area contributed by atoms with E-state index < -0.39 is 10.0 Å². The van der Waals surface area contributed by atoms with Crippen LogP contribution in [0.25, 0.3) is 0 Å². The number of aryl methyl sites for hydroxylation is 2. The Bertz CT molecular complexity index is 617. The molecular weight excluding hydrogens is 272 g/mol. The van der Waals surface area contributed by atoms with Gasteiger partial charge in [0.15, 0.2) is 0 Å². The molecule has 0 unspecified atom stereocenters. The summed E-state index contributed by atoms with van der Waals surface area (Å²) in [6.07, 6.45) is 2.19. The van der Waals surface area contributed by atoms with Crippen LogP contribution >= 0.6 is 0 Å². The number of anilines is 1. The summed E-state index contributed by atoms with van der Waals surface area (Å²) in [4.78, 5) is 0.233. The molecule has 0 atom stereocenters. The van der Waals surface area contributed by atoms with E-state index in [0.717, 1.165) is 18.4 Å². The van der Waals surface area contributed by atoms with Gasteiger partial charge >= 0.3 is 0 Å². The van der Waals surface area contributed by atoms with Crippen LogP contribution in [0.5, 0.6) is 0 Å². The fraction of sp³-hybridized carbons (Fsp3) is 0.600. The molecule has 0 bridgehead atoms. The number of sulfonamides is 1. The minimum atomic E-state index is -3.55. The van der Waals surface area contributed by atoms with Crippen LogP contribution in [0.4, 0.5) is 5.69 Å². The zero-order valence-corrected chi connectivity index (χ0v) is 13.5. The normalized spacial score (nSPS) is 17.4. The molecule has 1 aromatic rings. The Morgan fingerprint density at radius 3 is 2.30 bits per heavy atom. The van der Waals surface area contributed by atoms with Gasteiger partial charge in [0.25, 0.3) is 0 Å². The molecule has 3 N–H and O–H groups in total. The van der Waals surface area contributed by atoms with E-state index in [2.05, 4.69) is 18.6 Å². The smallest absolute Gasteiger partial charge is 0.242 e. The molecule has 0 aromatic heterocycles. The second kappa shape index (κ2) is 5.04. The lowest BCUT2D eigenvalue weighted by Gasteiger charge is -2.21. The SMILES string of the molecule is Cc1ccc(C)c(S(=O)(=O)NCC2(C(C)C)CC2)c1N. The number of hydrogen-bond acceptors (Lipinski definition) is 3. The molecule has 1 fully saturated rings. The van der Waals surface area contributed by atoms with E-state index in [4.69, 9.17) is 5.73 Å². The third-order valence-electron chi connectivity index (χ3n) is 4.61. The molecule has 1 aromatic carbocycles. The second-order valence-corrected chi connectivity index (χ2v) is 7.99. The van der Waals surface area contributed by atoms with E-state index in [1.54, 1.807) is 13.0 Å². The van der Waals surface area contributed by atoms with E-state index in [1.165, 1.54) is 0 Å². The van der Waals surface area contributed by atoms with Crippen LogP contribution in [-0.4, -0.2) is 15.0 Å². The molecule has 0 saturated heterocycles. The van der Waals surface area contributed by atoms with Gasteiger partial charge in [0.05, 0.1) is 5.69 Å². The highest BCUT2D eigenvalue weighted by molar-refractivity contribution is 7.89. The molecular formula is C15H24N2O2S. The van der Waals surface area contributed by atoms with E-state index in [1.807, 2.05) is 13.0 Å². The molecule has 20 heavy (non-hydrogen) atoms. The summed E-state index contributed by atoms with van der Waals surface area (Å²) in [5, 5.41) is 0. The molecule has 0 aliphatic heterocycles. The number of benzene rings is 1. The van der Waals surface area contributed by atoms with Crippen molar-refractivity contribution in [1.29, 1.82) is 0 Å². The quantitative estimate of drug-likeness (QED) is 0.820. The van der Waals surface area contributed by atoms with Gasteiger partial charge in [-0.2, -0.15) is 0 Å². The minimum absolute atomic E-state index is 0.138. The summed E-state index contributed by atoms with van der Waals surface area (Å²) < 4.78 is 27.8. The van der Waals surface area contributed by atoms with Crippen LogP contribution < -0.4 is 10.5 Å². The topological polar surface area (TPSA) is 72.2 Å². The van der Waals surface area contributed by atoms with Crippen LogP contribution in [-0.2, 0) is 10.0 Å². The Hall–Kier alpha value is -1.07. The van der Waals surface area contributed by atoms with Gasteiger partial charge in [-0.05, 0) is 49.1 Å². The first kappa shape index (κ1) is 15.3. The predicted molar refractivity (Wildman–Crippen MR) is 82.0 cm³/mol. The zero-order valence-electron chi connectivity index (χ0n) is 12.7. The summed E-state index contributed by atoms with van der Waals surface area (Å²) in [6.45, 7) is 8.39. The van der Waals surface area contributed by atoms with Crippen LogP contribution in [0.15, 0.2) is 17.0 Å². The Morgan fingerprint density at radius 2 is 1.80 bits per heavy atom. The first-order valence-electron chi connectivity index (χ1n) is 7.05. The standard InChI is InChI=1S/C15H24N2O2S/c1-10(2)15(7-8-15)9-17-20(18,19)14-12(4)6-5-11(3)13(14)16/h5-6,10,17H,7-9,16H2,1-4H3. The molecule has 0 radical (unpaired) electrons. The maximum atomic E-state index is 12.5. The Labute approximate surface area is 121 Å². The number of rotatable bonds is 5. The number of hydrogen-bond donors (Lipinski definition) is 2. The zero-order chi connectivity index (χ0) is 15.1. The number of nitrogens with one attached hydrogen (secondary N) is 1. The van der Waals surface area contributed by atoms with Crippen molar-refractivity contribution in [3.05, 3.63) is 23.3 Å².